The van der Waals surface area contributed by atoms with Crippen LogP contribution in [0.5, 0.6) is 5.75 Å². The summed E-state index contributed by atoms with van der Waals surface area (Å²) in [7, 11) is 1.60. The Balaban J connectivity index is 1.31. The molecule has 8 heteroatoms. The Morgan fingerprint density at radius 3 is 2.55 bits per heavy atom. The summed E-state index contributed by atoms with van der Waals surface area (Å²) in [5.41, 5.74) is 2.69. The van der Waals surface area contributed by atoms with Crippen molar-refractivity contribution in [1.29, 1.82) is 0 Å². The molecule has 6 nitrogen and oxygen atoms in total. The molecule has 31 heavy (non-hydrogen) atoms. The second-order valence-electron chi connectivity index (χ2n) is 7.88. The summed E-state index contributed by atoms with van der Waals surface area (Å²) < 4.78 is 7.07. The lowest BCUT2D eigenvalue weighted by Crippen LogP contribution is -2.43. The molecule has 1 fully saturated rings. The maximum Gasteiger partial charge on any atom is 0.251 e. The Morgan fingerprint density at radius 1 is 1.10 bits per heavy atom. The number of halogens is 2. The van der Waals surface area contributed by atoms with Gasteiger partial charge in [0, 0.05) is 47.9 Å². The summed E-state index contributed by atoms with van der Waals surface area (Å²) in [5, 5.41) is 4.94. The Kier molecular flexibility index (Phi) is 7.13. The molecule has 0 amide bonds. The molecular weight excluding hydrogens is 435 g/mol. The van der Waals surface area contributed by atoms with Crippen LogP contribution < -0.4 is 15.6 Å². The average molecular weight is 461 g/mol. The predicted octanol–water partition coefficient (Wildman–Crippen LogP) is 3.97. The number of hydrogen-bond acceptors (Lipinski definition) is 5. The zero-order valence-corrected chi connectivity index (χ0v) is 19.0. The van der Waals surface area contributed by atoms with Gasteiger partial charge in [0.1, 0.15) is 5.75 Å². The number of methoxy groups -OCH3 is 1. The zero-order valence-electron chi connectivity index (χ0n) is 17.5. The van der Waals surface area contributed by atoms with E-state index in [0.29, 0.717) is 28.4 Å². The van der Waals surface area contributed by atoms with Gasteiger partial charge in [0.2, 0.25) is 0 Å². The highest BCUT2D eigenvalue weighted by Crippen LogP contribution is 2.20. The fourth-order valence-electron chi connectivity index (χ4n) is 4.07. The number of likely N-dealkylation sites (tertiary alicyclic amines) is 1. The number of nitrogens with zero attached hydrogens (tertiary/aromatic N) is 3. The van der Waals surface area contributed by atoms with E-state index < -0.39 is 0 Å². The molecule has 3 heterocycles. The molecule has 1 aromatic carbocycles. The van der Waals surface area contributed by atoms with Gasteiger partial charge in [0.05, 0.1) is 24.3 Å². The van der Waals surface area contributed by atoms with Crippen LogP contribution in [0.3, 0.4) is 0 Å². The van der Waals surface area contributed by atoms with Crippen molar-refractivity contribution >= 4 is 34.2 Å². The van der Waals surface area contributed by atoms with Crippen LogP contribution in [0.1, 0.15) is 18.4 Å². The lowest BCUT2D eigenvalue weighted by Gasteiger charge is -2.32. The van der Waals surface area contributed by atoms with Crippen molar-refractivity contribution in [2.45, 2.75) is 32.0 Å². The summed E-state index contributed by atoms with van der Waals surface area (Å²) in [6, 6.07) is 11.3. The molecular formula is C23H26Cl2N4O2. The zero-order chi connectivity index (χ0) is 21.8. The topological polar surface area (TPSA) is 59.4 Å². The Morgan fingerprint density at radius 2 is 1.84 bits per heavy atom. The third-order valence-electron chi connectivity index (χ3n) is 5.79. The number of piperidine rings is 1. The number of benzene rings is 1. The number of aromatic nitrogens is 2. The van der Waals surface area contributed by atoms with E-state index in [0.717, 1.165) is 55.6 Å². The Labute approximate surface area is 191 Å². The number of ether oxygens (including phenoxy) is 1. The van der Waals surface area contributed by atoms with Crippen LogP contribution in [0.15, 0.2) is 47.4 Å². The largest absolute Gasteiger partial charge is 0.495 e. The molecule has 1 aliphatic heterocycles. The highest BCUT2D eigenvalue weighted by molar-refractivity contribution is 6.34. The van der Waals surface area contributed by atoms with Crippen LogP contribution in [0.25, 0.3) is 11.0 Å². The smallest absolute Gasteiger partial charge is 0.251 e. The fourth-order valence-corrected chi connectivity index (χ4v) is 4.64. The second-order valence-corrected chi connectivity index (χ2v) is 8.75. The summed E-state index contributed by atoms with van der Waals surface area (Å²) in [6.45, 7) is 4.20. The van der Waals surface area contributed by atoms with E-state index in [2.05, 4.69) is 15.2 Å². The van der Waals surface area contributed by atoms with Crippen LogP contribution in [-0.4, -0.2) is 47.2 Å². The molecule has 0 aliphatic carbocycles. The third-order valence-corrected chi connectivity index (χ3v) is 6.23. The van der Waals surface area contributed by atoms with Crippen molar-refractivity contribution in [3.8, 4) is 5.75 Å². The van der Waals surface area contributed by atoms with Crippen LogP contribution in [0.2, 0.25) is 10.0 Å². The minimum absolute atomic E-state index is 0.0145. The minimum atomic E-state index is -0.0145. The van der Waals surface area contributed by atoms with Crippen molar-refractivity contribution in [3.05, 3.63) is 68.6 Å². The van der Waals surface area contributed by atoms with E-state index in [4.69, 9.17) is 27.9 Å². The van der Waals surface area contributed by atoms with Crippen molar-refractivity contribution in [2.24, 2.45) is 0 Å². The van der Waals surface area contributed by atoms with Crippen LogP contribution in [-0.2, 0) is 13.1 Å². The molecule has 3 aromatic rings. The molecule has 4 rings (SSSR count). The van der Waals surface area contributed by atoms with Gasteiger partial charge in [0.25, 0.3) is 5.56 Å². The molecule has 0 spiro atoms. The van der Waals surface area contributed by atoms with E-state index in [9.17, 15) is 4.79 Å². The first-order valence-electron chi connectivity index (χ1n) is 10.5. The number of rotatable bonds is 7. The molecule has 2 aromatic heterocycles. The average Bonchev–Trinajstić information content (AvgIpc) is 2.77. The summed E-state index contributed by atoms with van der Waals surface area (Å²) in [5.74, 6) is 0.653. The van der Waals surface area contributed by atoms with E-state index >= 15 is 0 Å². The Hall–Kier alpha value is -2.12. The third kappa shape index (κ3) is 5.57. The van der Waals surface area contributed by atoms with Gasteiger partial charge in [-0.15, -0.1) is 0 Å². The van der Waals surface area contributed by atoms with Gasteiger partial charge in [-0.3, -0.25) is 9.78 Å². The number of pyridine rings is 2. The first-order chi connectivity index (χ1) is 15.0. The van der Waals surface area contributed by atoms with Crippen molar-refractivity contribution in [3.63, 3.8) is 0 Å². The molecule has 0 unspecified atom stereocenters. The summed E-state index contributed by atoms with van der Waals surface area (Å²) >= 11 is 12.2. The van der Waals surface area contributed by atoms with Crippen LogP contribution in [0, 0.1) is 0 Å². The van der Waals surface area contributed by atoms with Crippen molar-refractivity contribution in [1.82, 2.24) is 19.8 Å². The van der Waals surface area contributed by atoms with Crippen molar-refractivity contribution in [2.75, 3.05) is 26.7 Å². The van der Waals surface area contributed by atoms with Crippen LogP contribution in [0.4, 0.5) is 0 Å². The van der Waals surface area contributed by atoms with Gasteiger partial charge in [-0.25, -0.2) is 0 Å². The van der Waals surface area contributed by atoms with Gasteiger partial charge >= 0.3 is 0 Å². The predicted molar refractivity (Wildman–Crippen MR) is 125 cm³/mol. The normalized spacial score (nSPS) is 15.5. The second kappa shape index (κ2) is 10.0. The highest BCUT2D eigenvalue weighted by atomic mass is 35.5. The van der Waals surface area contributed by atoms with E-state index in [1.165, 1.54) is 0 Å². The molecule has 0 bridgehead atoms. The van der Waals surface area contributed by atoms with Gasteiger partial charge in [-0.05, 0) is 55.8 Å². The van der Waals surface area contributed by atoms with Crippen LogP contribution >= 0.6 is 23.2 Å². The lowest BCUT2D eigenvalue weighted by molar-refractivity contribution is 0.191. The van der Waals surface area contributed by atoms with Gasteiger partial charge in [-0.1, -0.05) is 23.2 Å². The molecule has 0 saturated carbocycles. The standard InChI is InChI=1S/C23H26Cl2N4O2/c1-31-20-13-22-21(27-15-20)2-3-23(30)29(22)9-8-28-6-4-19(5-7-28)26-14-16-10-17(24)12-18(25)11-16/h2-3,10-13,15,19,26H,4-9,14H2,1H3. The highest BCUT2D eigenvalue weighted by Gasteiger charge is 2.19. The number of hydrogen-bond donors (Lipinski definition) is 1. The maximum atomic E-state index is 12.5. The molecule has 0 atom stereocenters. The summed E-state index contributed by atoms with van der Waals surface area (Å²) in [4.78, 5) is 19.3. The fraction of sp³-hybridized carbons (Fsp3) is 0.391. The Bertz CT molecular complexity index is 1090. The molecule has 0 radical (unpaired) electrons. The minimum Gasteiger partial charge on any atom is -0.495 e. The van der Waals surface area contributed by atoms with E-state index in [1.807, 2.05) is 18.2 Å². The number of fused-ring (bicyclic) bond motifs is 1. The van der Waals surface area contributed by atoms with Crippen molar-refractivity contribution < 1.29 is 4.74 Å². The summed E-state index contributed by atoms with van der Waals surface area (Å²) in [6.07, 6.45) is 3.80. The molecule has 1 saturated heterocycles. The SMILES string of the molecule is COc1cnc2ccc(=O)n(CCN3CCC(NCc4cc(Cl)cc(Cl)c4)CC3)c2c1. The maximum absolute atomic E-state index is 12.5. The van der Waals surface area contributed by atoms with E-state index in [1.54, 1.807) is 36.1 Å². The quantitative estimate of drug-likeness (QED) is 0.577. The van der Waals surface area contributed by atoms with Gasteiger partial charge in [0.15, 0.2) is 0 Å². The molecule has 1 aliphatic rings. The number of nitrogens with one attached hydrogen (secondary N) is 1. The first-order valence-corrected chi connectivity index (χ1v) is 11.2. The first kappa shape index (κ1) is 22.1. The molecule has 164 valence electrons. The van der Waals surface area contributed by atoms with Gasteiger partial charge < -0.3 is 19.5 Å². The molecule has 1 N–H and O–H groups in total. The van der Waals surface area contributed by atoms with Gasteiger partial charge in [-0.2, -0.15) is 0 Å². The lowest BCUT2D eigenvalue weighted by atomic mass is 10.0. The monoisotopic (exact) mass is 460 g/mol. The van der Waals surface area contributed by atoms with E-state index in [-0.39, 0.29) is 5.56 Å².